The summed E-state index contributed by atoms with van der Waals surface area (Å²) in [7, 11) is 2.03. The molecule has 1 aliphatic rings. The van der Waals surface area contributed by atoms with Crippen molar-refractivity contribution in [2.45, 2.75) is 59.4 Å². The number of carbonyl (C=O) groups is 1. The average molecular weight is 694 g/mol. The number of ether oxygens (including phenoxy) is 3. The molecular formula is C36H40INO5. The Morgan fingerprint density at radius 2 is 1.49 bits per heavy atom. The Morgan fingerprint density at radius 1 is 0.767 bits per heavy atom. The van der Waals surface area contributed by atoms with Gasteiger partial charge in [0.15, 0.2) is 0 Å². The molecule has 1 atom stereocenters. The molecule has 1 aliphatic heterocycles. The molecule has 6 nitrogen and oxygen atoms in total. The van der Waals surface area contributed by atoms with E-state index in [4.69, 9.17) is 17.3 Å². The summed E-state index contributed by atoms with van der Waals surface area (Å²) in [5, 5.41) is 0. The monoisotopic (exact) mass is 693 g/mol. The van der Waals surface area contributed by atoms with Crippen molar-refractivity contribution >= 4 is 31.9 Å². The molecule has 0 aliphatic carbocycles. The van der Waals surface area contributed by atoms with Crippen LogP contribution in [0.3, 0.4) is 0 Å². The standard InChI is InChI=1S/C36H40INO5/c1-24(2)40-28-19-20-29(34(23-28)41-25(3)4)37-30-16-12-17-31(35(30)36(39)43-37)38(6)22-21-33(27-14-8-7-9-15-27)42-32-18-11-10-13-26(32)5/h7-20,23-25,33H,21-22H2,1-6H3/t33-/m1/s1. The Kier molecular flexibility index (Phi) is 9.80. The van der Waals surface area contributed by atoms with Gasteiger partial charge < -0.3 is 0 Å². The molecule has 0 amide bonds. The predicted molar refractivity (Wildman–Crippen MR) is 180 cm³/mol. The van der Waals surface area contributed by atoms with E-state index in [1.807, 2.05) is 108 Å². The molecule has 0 saturated heterocycles. The second-order valence-electron chi connectivity index (χ2n) is 11.2. The average Bonchev–Trinajstić information content (AvgIpc) is 3.32. The van der Waals surface area contributed by atoms with Crippen LogP contribution >= 0.6 is 20.2 Å². The fraction of sp³-hybridized carbons (Fsp3) is 0.306. The Bertz CT molecular complexity index is 1550. The number of carbonyl (C=O) groups excluding carboxylic acids is 1. The van der Waals surface area contributed by atoms with E-state index >= 15 is 0 Å². The molecule has 0 spiro atoms. The Balaban J connectivity index is 1.41. The number of para-hydroxylation sites is 1. The van der Waals surface area contributed by atoms with Gasteiger partial charge in [0.05, 0.1) is 0 Å². The van der Waals surface area contributed by atoms with Crippen molar-refractivity contribution in [3.8, 4) is 17.2 Å². The molecule has 0 saturated carbocycles. The maximum atomic E-state index is 13.5. The molecule has 0 fully saturated rings. The minimum absolute atomic E-state index is 0.0291. The molecule has 0 unspecified atom stereocenters. The molecule has 226 valence electrons. The first-order valence-corrected chi connectivity index (χ1v) is 17.8. The van der Waals surface area contributed by atoms with E-state index in [-0.39, 0.29) is 24.3 Å². The van der Waals surface area contributed by atoms with Crippen molar-refractivity contribution in [1.29, 1.82) is 0 Å². The fourth-order valence-corrected chi connectivity index (χ4v) is 9.54. The molecular weight excluding hydrogens is 653 g/mol. The summed E-state index contributed by atoms with van der Waals surface area (Å²) < 4.78 is 26.8. The van der Waals surface area contributed by atoms with Gasteiger partial charge in [0.1, 0.15) is 0 Å². The van der Waals surface area contributed by atoms with Gasteiger partial charge in [-0.05, 0) is 0 Å². The number of rotatable bonds is 12. The number of fused-ring (bicyclic) bond motifs is 1. The molecule has 43 heavy (non-hydrogen) atoms. The van der Waals surface area contributed by atoms with Crippen molar-refractivity contribution in [3.63, 3.8) is 0 Å². The molecule has 0 aromatic heterocycles. The van der Waals surface area contributed by atoms with E-state index in [2.05, 4.69) is 30.0 Å². The predicted octanol–water partition coefficient (Wildman–Crippen LogP) is 8.85. The van der Waals surface area contributed by atoms with Crippen LogP contribution in [0.25, 0.3) is 0 Å². The molecule has 4 aromatic rings. The van der Waals surface area contributed by atoms with Gasteiger partial charge >= 0.3 is 264 Å². The second-order valence-corrected chi connectivity index (χ2v) is 15.4. The summed E-state index contributed by atoms with van der Waals surface area (Å²) in [5.41, 5.74) is 3.75. The maximum absolute atomic E-state index is 13.5. The second kappa shape index (κ2) is 13.7. The molecule has 0 bridgehead atoms. The van der Waals surface area contributed by atoms with Crippen LogP contribution in [0.15, 0.2) is 91.0 Å². The van der Waals surface area contributed by atoms with Crippen LogP contribution in [-0.2, 0) is 3.07 Å². The molecule has 1 heterocycles. The van der Waals surface area contributed by atoms with Crippen molar-refractivity contribution < 1.29 is 22.1 Å². The minimum atomic E-state index is -2.57. The van der Waals surface area contributed by atoms with E-state index < -0.39 is 20.2 Å². The topological polar surface area (TPSA) is 57.2 Å². The SMILES string of the molecule is Cc1ccccc1O[C@H](CCN(C)c1cccc2c1C(=O)OI2c1ccc(OC(C)C)cc1OC(C)C)c1ccccc1. The Labute approximate surface area is 262 Å². The van der Waals surface area contributed by atoms with Crippen LogP contribution in [0, 0.1) is 14.1 Å². The van der Waals surface area contributed by atoms with Gasteiger partial charge in [0.25, 0.3) is 0 Å². The summed E-state index contributed by atoms with van der Waals surface area (Å²) in [5.74, 6) is 2.07. The van der Waals surface area contributed by atoms with Crippen molar-refractivity contribution in [2.24, 2.45) is 0 Å². The van der Waals surface area contributed by atoms with E-state index in [9.17, 15) is 4.79 Å². The number of hydrogen-bond acceptors (Lipinski definition) is 6. The zero-order valence-electron chi connectivity index (χ0n) is 25.7. The zero-order valence-corrected chi connectivity index (χ0v) is 27.8. The van der Waals surface area contributed by atoms with Gasteiger partial charge in [-0.25, -0.2) is 0 Å². The van der Waals surface area contributed by atoms with Crippen LogP contribution in [0.4, 0.5) is 5.69 Å². The van der Waals surface area contributed by atoms with Gasteiger partial charge in [0.2, 0.25) is 0 Å². The number of halogens is 1. The first kappa shape index (κ1) is 30.7. The number of hydrogen-bond donors (Lipinski definition) is 0. The zero-order chi connectivity index (χ0) is 30.5. The van der Waals surface area contributed by atoms with E-state index in [1.165, 1.54) is 0 Å². The third-order valence-electron chi connectivity index (χ3n) is 7.02. The molecule has 0 N–H and O–H groups in total. The van der Waals surface area contributed by atoms with Gasteiger partial charge in [0, 0.05) is 0 Å². The Morgan fingerprint density at radius 3 is 2.21 bits per heavy atom. The van der Waals surface area contributed by atoms with Crippen molar-refractivity contribution in [3.05, 3.63) is 115 Å². The van der Waals surface area contributed by atoms with E-state index in [0.29, 0.717) is 12.1 Å². The van der Waals surface area contributed by atoms with Gasteiger partial charge in [-0.15, -0.1) is 0 Å². The molecule has 7 heteroatoms. The van der Waals surface area contributed by atoms with Crippen molar-refractivity contribution in [2.75, 3.05) is 18.5 Å². The van der Waals surface area contributed by atoms with E-state index in [0.717, 1.165) is 47.6 Å². The van der Waals surface area contributed by atoms with Crippen LogP contribution in [0.2, 0.25) is 0 Å². The number of anilines is 1. The van der Waals surface area contributed by atoms with E-state index in [1.54, 1.807) is 0 Å². The normalized spacial score (nSPS) is 14.0. The summed E-state index contributed by atoms with van der Waals surface area (Å²) in [6.45, 7) is 10.7. The molecule has 0 radical (unpaired) electrons. The van der Waals surface area contributed by atoms with Crippen LogP contribution in [0.1, 0.15) is 61.7 Å². The van der Waals surface area contributed by atoms with Crippen molar-refractivity contribution in [1.82, 2.24) is 0 Å². The van der Waals surface area contributed by atoms with Crippen LogP contribution in [0.5, 0.6) is 17.2 Å². The molecule has 4 aromatic carbocycles. The molecule has 5 rings (SSSR count). The fourth-order valence-electron chi connectivity index (χ4n) is 5.03. The van der Waals surface area contributed by atoms with Gasteiger partial charge in [-0.1, -0.05) is 0 Å². The quantitative estimate of drug-likeness (QED) is 0.138. The number of benzene rings is 4. The van der Waals surface area contributed by atoms with Gasteiger partial charge in [-0.2, -0.15) is 0 Å². The number of aryl methyl sites for hydroxylation is 1. The third kappa shape index (κ3) is 7.26. The third-order valence-corrected chi connectivity index (χ3v) is 11.8. The first-order valence-electron chi connectivity index (χ1n) is 14.7. The summed E-state index contributed by atoms with van der Waals surface area (Å²) in [6, 6.07) is 30.3. The van der Waals surface area contributed by atoms with Crippen LogP contribution < -0.4 is 19.1 Å². The Hall–Kier alpha value is -3.72. The summed E-state index contributed by atoms with van der Waals surface area (Å²) in [6.07, 6.45) is 0.612. The first-order chi connectivity index (χ1) is 20.7. The summed E-state index contributed by atoms with van der Waals surface area (Å²) in [4.78, 5) is 15.6. The number of nitrogens with zero attached hydrogens (tertiary/aromatic N) is 1. The summed E-state index contributed by atoms with van der Waals surface area (Å²) >= 11 is -2.57. The van der Waals surface area contributed by atoms with Crippen LogP contribution in [-0.4, -0.2) is 31.8 Å². The van der Waals surface area contributed by atoms with Gasteiger partial charge in [-0.3, -0.25) is 0 Å².